The molecule has 2 heterocycles. The number of carbonyl (C=O) groups excluding carboxylic acids is 2. The predicted molar refractivity (Wildman–Crippen MR) is 117 cm³/mol. The number of aliphatic hydroxyl groups is 1. The smallest absolute Gasteiger partial charge is 0.301 e. The van der Waals surface area contributed by atoms with Crippen molar-refractivity contribution in [1.82, 2.24) is 4.98 Å². The van der Waals surface area contributed by atoms with Gasteiger partial charge in [-0.3, -0.25) is 14.5 Å². The average Bonchev–Trinajstić information content (AvgIpc) is 3.00. The quantitative estimate of drug-likeness (QED) is 0.295. The summed E-state index contributed by atoms with van der Waals surface area (Å²) in [4.78, 5) is 31.5. The van der Waals surface area contributed by atoms with Crippen molar-refractivity contribution in [1.29, 1.82) is 0 Å². The average molecular weight is 514 g/mol. The van der Waals surface area contributed by atoms with E-state index in [2.05, 4.69) is 36.8 Å². The number of benzene rings is 2. The third-order valence-corrected chi connectivity index (χ3v) is 5.63. The molecule has 1 N–H and O–H groups in total. The monoisotopic (exact) mass is 512 g/mol. The van der Waals surface area contributed by atoms with Crippen LogP contribution in [0.2, 0.25) is 0 Å². The number of aromatic nitrogens is 1. The van der Waals surface area contributed by atoms with Gasteiger partial charge in [0.25, 0.3) is 5.78 Å². The maximum Gasteiger partial charge on any atom is 0.301 e. The van der Waals surface area contributed by atoms with Gasteiger partial charge >= 0.3 is 5.91 Å². The number of ketones is 1. The van der Waals surface area contributed by atoms with Crippen LogP contribution in [0.25, 0.3) is 5.76 Å². The Morgan fingerprint density at radius 2 is 1.55 bits per heavy atom. The zero-order valence-electron chi connectivity index (χ0n) is 14.9. The molecule has 3 aromatic rings. The molecule has 1 aliphatic heterocycles. The van der Waals surface area contributed by atoms with Crippen molar-refractivity contribution in [3.8, 4) is 0 Å². The lowest BCUT2D eigenvalue weighted by molar-refractivity contribution is -0.132. The van der Waals surface area contributed by atoms with Gasteiger partial charge in [0.15, 0.2) is 0 Å². The third kappa shape index (κ3) is 3.63. The van der Waals surface area contributed by atoms with Crippen LogP contribution in [0, 0.1) is 0 Å². The van der Waals surface area contributed by atoms with E-state index < -0.39 is 17.7 Å². The molecule has 1 aromatic heterocycles. The van der Waals surface area contributed by atoms with Crippen molar-refractivity contribution in [2.24, 2.45) is 0 Å². The van der Waals surface area contributed by atoms with Crippen molar-refractivity contribution in [2.75, 3.05) is 4.90 Å². The van der Waals surface area contributed by atoms with Gasteiger partial charge in [0.05, 0.1) is 11.6 Å². The van der Waals surface area contributed by atoms with Crippen LogP contribution < -0.4 is 4.90 Å². The SMILES string of the molecule is O=C1C(=O)N(c2ccc(Br)cn2)[C@H](c2ccc(Br)cc2)C1=C(O)c1ccccc1. The van der Waals surface area contributed by atoms with Gasteiger partial charge in [0.2, 0.25) is 0 Å². The highest BCUT2D eigenvalue weighted by Crippen LogP contribution is 2.41. The minimum atomic E-state index is -0.794. The number of carbonyl (C=O) groups is 2. The molecule has 0 unspecified atom stereocenters. The van der Waals surface area contributed by atoms with E-state index in [1.54, 1.807) is 42.6 Å². The van der Waals surface area contributed by atoms with E-state index in [1.165, 1.54) is 4.90 Å². The van der Waals surface area contributed by atoms with E-state index >= 15 is 0 Å². The number of hydrogen-bond donors (Lipinski definition) is 1. The molecule has 0 aliphatic carbocycles. The van der Waals surface area contributed by atoms with Crippen LogP contribution in [0.3, 0.4) is 0 Å². The number of Topliss-reactive ketones (excluding diaryl/α,β-unsaturated/α-hetero) is 1. The molecule has 0 bridgehead atoms. The summed E-state index contributed by atoms with van der Waals surface area (Å²) < 4.78 is 1.62. The summed E-state index contributed by atoms with van der Waals surface area (Å²) >= 11 is 6.73. The first-order chi connectivity index (χ1) is 14.0. The van der Waals surface area contributed by atoms with Crippen molar-refractivity contribution < 1.29 is 14.7 Å². The minimum absolute atomic E-state index is 0.0354. The number of anilines is 1. The van der Waals surface area contributed by atoms with Crippen LogP contribution in [0.5, 0.6) is 0 Å². The summed E-state index contributed by atoms with van der Waals surface area (Å²) in [5.74, 6) is -1.36. The summed E-state index contributed by atoms with van der Waals surface area (Å²) in [5.41, 5.74) is 1.19. The summed E-state index contributed by atoms with van der Waals surface area (Å²) in [7, 11) is 0. The Bertz CT molecular complexity index is 1110. The van der Waals surface area contributed by atoms with Crippen molar-refractivity contribution >= 4 is 55.1 Å². The molecule has 7 heteroatoms. The molecule has 0 saturated carbocycles. The topological polar surface area (TPSA) is 70.5 Å². The third-order valence-electron chi connectivity index (χ3n) is 4.64. The number of halogens is 2. The fraction of sp³-hybridized carbons (Fsp3) is 0.0455. The summed E-state index contributed by atoms with van der Waals surface area (Å²) in [5, 5.41) is 10.9. The fourth-order valence-electron chi connectivity index (χ4n) is 3.29. The van der Waals surface area contributed by atoms with Gasteiger partial charge in [-0.1, -0.05) is 58.4 Å². The van der Waals surface area contributed by atoms with E-state index in [4.69, 9.17) is 0 Å². The number of hydrogen-bond acceptors (Lipinski definition) is 4. The van der Waals surface area contributed by atoms with Gasteiger partial charge in [-0.25, -0.2) is 4.98 Å². The maximum atomic E-state index is 13.0. The van der Waals surface area contributed by atoms with E-state index in [1.807, 2.05) is 30.3 Å². The highest BCUT2D eigenvalue weighted by Gasteiger charge is 2.47. The Kier molecular flexibility index (Phi) is 5.34. The second-order valence-electron chi connectivity index (χ2n) is 6.42. The van der Waals surface area contributed by atoms with Gasteiger partial charge in [0, 0.05) is 20.7 Å². The van der Waals surface area contributed by atoms with Crippen LogP contribution in [-0.2, 0) is 9.59 Å². The summed E-state index contributed by atoms with van der Waals surface area (Å²) in [6, 6.07) is 18.6. The summed E-state index contributed by atoms with van der Waals surface area (Å²) in [6.07, 6.45) is 1.56. The lowest BCUT2D eigenvalue weighted by Crippen LogP contribution is -2.30. The van der Waals surface area contributed by atoms with E-state index in [9.17, 15) is 14.7 Å². The first-order valence-electron chi connectivity index (χ1n) is 8.71. The maximum absolute atomic E-state index is 13.0. The Morgan fingerprint density at radius 3 is 2.17 bits per heavy atom. The second-order valence-corrected chi connectivity index (χ2v) is 8.25. The van der Waals surface area contributed by atoms with Crippen LogP contribution >= 0.6 is 31.9 Å². The number of pyridine rings is 1. The number of aliphatic hydroxyl groups excluding tert-OH is 1. The molecule has 0 spiro atoms. The molecule has 1 atom stereocenters. The normalized spacial score (nSPS) is 18.3. The zero-order chi connectivity index (χ0) is 20.5. The second kappa shape index (κ2) is 7.93. The highest BCUT2D eigenvalue weighted by molar-refractivity contribution is 9.10. The first-order valence-corrected chi connectivity index (χ1v) is 10.3. The minimum Gasteiger partial charge on any atom is -0.507 e. The standard InChI is InChI=1S/C22H14Br2N2O3/c23-15-8-6-13(7-9-15)19-18(20(27)14-4-2-1-3-5-14)21(28)22(29)26(19)17-11-10-16(24)12-25-17/h1-12,19,27H/t19-/m1/s1. The van der Waals surface area contributed by atoms with E-state index in [-0.39, 0.29) is 11.3 Å². The molecule has 5 nitrogen and oxygen atoms in total. The molecule has 144 valence electrons. The predicted octanol–water partition coefficient (Wildman–Crippen LogP) is 5.23. The Balaban J connectivity index is 1.94. The van der Waals surface area contributed by atoms with Crippen LogP contribution in [0.4, 0.5) is 5.82 Å². The summed E-state index contributed by atoms with van der Waals surface area (Å²) in [6.45, 7) is 0. The van der Waals surface area contributed by atoms with E-state index in [0.29, 0.717) is 16.9 Å². The molecule has 0 radical (unpaired) electrons. The van der Waals surface area contributed by atoms with Gasteiger partial charge in [-0.15, -0.1) is 0 Å². The van der Waals surface area contributed by atoms with Crippen LogP contribution in [0.1, 0.15) is 17.2 Å². The first kappa shape index (κ1) is 19.5. The Morgan fingerprint density at radius 1 is 0.897 bits per heavy atom. The Hall–Kier alpha value is -2.77. The molecule has 1 fully saturated rings. The number of amides is 1. The lowest BCUT2D eigenvalue weighted by atomic mass is 9.95. The Labute approximate surface area is 184 Å². The molecule has 1 saturated heterocycles. The zero-order valence-corrected chi connectivity index (χ0v) is 18.1. The number of nitrogens with zero attached hydrogens (tertiary/aromatic N) is 2. The van der Waals surface area contributed by atoms with Gasteiger partial charge in [-0.2, -0.15) is 0 Å². The van der Waals surface area contributed by atoms with Gasteiger partial charge in [0.1, 0.15) is 11.6 Å². The molecule has 2 aromatic carbocycles. The van der Waals surface area contributed by atoms with Gasteiger partial charge < -0.3 is 5.11 Å². The van der Waals surface area contributed by atoms with Crippen molar-refractivity contribution in [3.63, 3.8) is 0 Å². The lowest BCUT2D eigenvalue weighted by Gasteiger charge is -2.24. The number of rotatable bonds is 3. The van der Waals surface area contributed by atoms with Gasteiger partial charge in [-0.05, 0) is 45.8 Å². The molecule has 1 amide bonds. The van der Waals surface area contributed by atoms with Crippen molar-refractivity contribution in [2.45, 2.75) is 6.04 Å². The highest BCUT2D eigenvalue weighted by atomic mass is 79.9. The van der Waals surface area contributed by atoms with E-state index in [0.717, 1.165) is 8.95 Å². The molecule has 1 aliphatic rings. The van der Waals surface area contributed by atoms with Crippen LogP contribution in [-0.4, -0.2) is 21.8 Å². The van der Waals surface area contributed by atoms with Crippen LogP contribution in [0.15, 0.2) is 87.4 Å². The molecular formula is C22H14Br2N2O3. The molecule has 4 rings (SSSR count). The van der Waals surface area contributed by atoms with Crippen molar-refractivity contribution in [3.05, 3.63) is 98.6 Å². The molecule has 29 heavy (non-hydrogen) atoms. The largest absolute Gasteiger partial charge is 0.507 e. The fourth-order valence-corrected chi connectivity index (χ4v) is 3.79. The molecular weight excluding hydrogens is 500 g/mol.